The van der Waals surface area contributed by atoms with Crippen molar-refractivity contribution in [2.75, 3.05) is 17.7 Å². The van der Waals surface area contributed by atoms with Gasteiger partial charge in [0.1, 0.15) is 17.7 Å². The molecule has 1 fully saturated rings. The molecule has 0 unspecified atom stereocenters. The maximum Gasteiger partial charge on any atom is 0.153 e. The van der Waals surface area contributed by atoms with Crippen molar-refractivity contribution in [3.8, 4) is 11.3 Å². The molecule has 23 heavy (non-hydrogen) atoms. The zero-order chi connectivity index (χ0) is 16.0. The molecule has 2 aromatic heterocycles. The van der Waals surface area contributed by atoms with Crippen LogP contribution in [-0.2, 0) is 0 Å². The van der Waals surface area contributed by atoms with Crippen molar-refractivity contribution in [1.29, 1.82) is 0 Å². The number of aromatic nitrogens is 3. The fourth-order valence-electron chi connectivity index (χ4n) is 2.72. The Kier molecular flexibility index (Phi) is 3.11. The average molecular weight is 309 g/mol. The summed E-state index contributed by atoms with van der Waals surface area (Å²) in [6, 6.07) is 9.15. The number of hydrogen-bond donors (Lipinski definition) is 1. The Bertz CT molecular complexity index is 891. The molecule has 2 N–H and O–H groups in total. The third-order valence-corrected chi connectivity index (χ3v) is 4.19. The minimum atomic E-state index is -0.274. The monoisotopic (exact) mass is 309 g/mol. The van der Waals surface area contributed by atoms with E-state index >= 15 is 0 Å². The molecular weight excluding hydrogens is 293 g/mol. The minimum Gasteiger partial charge on any atom is -0.382 e. The Labute approximate surface area is 133 Å². The molecule has 0 bridgehead atoms. The van der Waals surface area contributed by atoms with Crippen molar-refractivity contribution >= 4 is 22.5 Å². The molecule has 1 saturated carbocycles. The summed E-state index contributed by atoms with van der Waals surface area (Å²) in [6.45, 7) is 0. The van der Waals surface area contributed by atoms with Crippen LogP contribution in [0.4, 0.5) is 15.9 Å². The van der Waals surface area contributed by atoms with Crippen LogP contribution in [0.25, 0.3) is 22.3 Å². The van der Waals surface area contributed by atoms with Gasteiger partial charge in [0.15, 0.2) is 5.82 Å². The molecule has 0 saturated heterocycles. The fourth-order valence-corrected chi connectivity index (χ4v) is 2.72. The van der Waals surface area contributed by atoms with Crippen LogP contribution in [0.1, 0.15) is 12.8 Å². The maximum atomic E-state index is 14.0. The van der Waals surface area contributed by atoms with E-state index in [1.54, 1.807) is 6.07 Å². The van der Waals surface area contributed by atoms with Gasteiger partial charge < -0.3 is 10.6 Å². The van der Waals surface area contributed by atoms with Crippen LogP contribution in [0.5, 0.6) is 0 Å². The first-order valence-corrected chi connectivity index (χ1v) is 7.53. The van der Waals surface area contributed by atoms with E-state index in [9.17, 15) is 4.39 Å². The number of anilines is 2. The maximum absolute atomic E-state index is 14.0. The van der Waals surface area contributed by atoms with E-state index in [2.05, 4.69) is 19.9 Å². The second-order valence-electron chi connectivity index (χ2n) is 5.86. The highest BCUT2D eigenvalue weighted by molar-refractivity contribution is 5.86. The molecule has 3 aromatic rings. The number of nitrogens with zero attached hydrogens (tertiary/aromatic N) is 4. The van der Waals surface area contributed by atoms with E-state index in [1.807, 2.05) is 25.2 Å². The summed E-state index contributed by atoms with van der Waals surface area (Å²) in [7, 11) is 2.00. The molecule has 0 radical (unpaired) electrons. The average Bonchev–Trinajstić information content (AvgIpc) is 3.38. The molecule has 4 rings (SSSR count). The van der Waals surface area contributed by atoms with Crippen LogP contribution < -0.4 is 10.6 Å². The van der Waals surface area contributed by atoms with E-state index in [0.29, 0.717) is 28.6 Å². The predicted molar refractivity (Wildman–Crippen MR) is 88.6 cm³/mol. The lowest BCUT2D eigenvalue weighted by Gasteiger charge is -2.19. The van der Waals surface area contributed by atoms with Gasteiger partial charge in [0.05, 0.1) is 11.2 Å². The first kappa shape index (κ1) is 13.9. The third-order valence-electron chi connectivity index (χ3n) is 4.19. The number of benzene rings is 1. The van der Waals surface area contributed by atoms with Crippen molar-refractivity contribution in [2.24, 2.45) is 0 Å². The van der Waals surface area contributed by atoms with E-state index < -0.39 is 0 Å². The molecular formula is C17H16FN5. The van der Waals surface area contributed by atoms with E-state index in [0.717, 1.165) is 24.1 Å². The molecule has 5 nitrogen and oxygen atoms in total. The molecule has 1 aromatic carbocycles. The van der Waals surface area contributed by atoms with Crippen molar-refractivity contribution in [2.45, 2.75) is 18.9 Å². The predicted octanol–water partition coefficient (Wildman–Crippen LogP) is 3.01. The highest BCUT2D eigenvalue weighted by Gasteiger charge is 2.26. The number of halogens is 1. The molecule has 6 heteroatoms. The van der Waals surface area contributed by atoms with Gasteiger partial charge in [0, 0.05) is 24.3 Å². The van der Waals surface area contributed by atoms with Gasteiger partial charge in [-0.25, -0.2) is 19.3 Å². The van der Waals surface area contributed by atoms with E-state index in [1.165, 1.54) is 12.4 Å². The van der Waals surface area contributed by atoms with E-state index in [-0.39, 0.29) is 5.82 Å². The second-order valence-corrected chi connectivity index (χ2v) is 5.86. The Morgan fingerprint density at radius 1 is 1.17 bits per heavy atom. The molecule has 1 aliphatic rings. The number of rotatable bonds is 3. The number of fused-ring (bicyclic) bond motifs is 1. The Hall–Kier alpha value is -2.76. The lowest BCUT2D eigenvalue weighted by molar-refractivity contribution is 0.627. The lowest BCUT2D eigenvalue weighted by Crippen LogP contribution is -2.19. The summed E-state index contributed by atoms with van der Waals surface area (Å²) in [5.74, 6) is 0.0488. The second kappa shape index (κ2) is 5.15. The van der Waals surface area contributed by atoms with Crippen LogP contribution >= 0.6 is 0 Å². The zero-order valence-electron chi connectivity index (χ0n) is 12.7. The summed E-state index contributed by atoms with van der Waals surface area (Å²) in [5, 5.41) is 0. The summed E-state index contributed by atoms with van der Waals surface area (Å²) >= 11 is 0. The quantitative estimate of drug-likeness (QED) is 0.805. The van der Waals surface area contributed by atoms with Gasteiger partial charge in [-0.2, -0.15) is 0 Å². The van der Waals surface area contributed by atoms with Gasteiger partial charge in [0.25, 0.3) is 0 Å². The fraction of sp³-hybridized carbons (Fsp3) is 0.235. The highest BCUT2D eigenvalue weighted by Crippen LogP contribution is 2.33. The molecule has 0 aliphatic heterocycles. The van der Waals surface area contributed by atoms with Crippen LogP contribution in [-0.4, -0.2) is 28.0 Å². The summed E-state index contributed by atoms with van der Waals surface area (Å²) in [4.78, 5) is 14.7. The van der Waals surface area contributed by atoms with Crippen LogP contribution in [0, 0.1) is 5.82 Å². The van der Waals surface area contributed by atoms with Crippen LogP contribution in [0.3, 0.4) is 0 Å². The molecule has 116 valence electrons. The molecule has 2 heterocycles. The molecule has 0 spiro atoms. The standard InChI is InChI=1S/C17H16FN5/c1-23(12-2-3-12)13-7-10(6-11(18)8-13)14-4-5-15-16(22-14)17(19)21-9-20-15/h4-9,12H,2-3H2,1H3,(H2,19,20,21). The Morgan fingerprint density at radius 3 is 2.78 bits per heavy atom. The van der Waals surface area contributed by atoms with Gasteiger partial charge in [-0.1, -0.05) is 0 Å². The lowest BCUT2D eigenvalue weighted by atomic mass is 10.1. The van der Waals surface area contributed by atoms with Crippen LogP contribution in [0.15, 0.2) is 36.7 Å². The SMILES string of the molecule is CN(c1cc(F)cc(-c2ccc3ncnc(N)c3n2)c1)C1CC1. The first-order chi connectivity index (χ1) is 11.1. The number of hydrogen-bond acceptors (Lipinski definition) is 5. The third kappa shape index (κ3) is 2.56. The highest BCUT2D eigenvalue weighted by atomic mass is 19.1. The zero-order valence-corrected chi connectivity index (χ0v) is 12.7. The largest absolute Gasteiger partial charge is 0.382 e. The summed E-state index contributed by atoms with van der Waals surface area (Å²) in [6.07, 6.45) is 3.72. The summed E-state index contributed by atoms with van der Waals surface area (Å²) < 4.78 is 14.0. The van der Waals surface area contributed by atoms with Gasteiger partial charge in [-0.15, -0.1) is 0 Å². The molecule has 0 atom stereocenters. The normalized spacial score (nSPS) is 14.2. The first-order valence-electron chi connectivity index (χ1n) is 7.53. The van der Waals surface area contributed by atoms with Crippen molar-refractivity contribution < 1.29 is 4.39 Å². The van der Waals surface area contributed by atoms with Gasteiger partial charge in [-0.3, -0.25) is 0 Å². The van der Waals surface area contributed by atoms with E-state index in [4.69, 9.17) is 5.73 Å². The van der Waals surface area contributed by atoms with Crippen molar-refractivity contribution in [3.05, 3.63) is 42.5 Å². The van der Waals surface area contributed by atoms with Gasteiger partial charge in [-0.05, 0) is 43.2 Å². The number of nitrogens with two attached hydrogens (primary N) is 1. The van der Waals surface area contributed by atoms with Gasteiger partial charge >= 0.3 is 0 Å². The molecule has 1 aliphatic carbocycles. The minimum absolute atomic E-state index is 0.274. The van der Waals surface area contributed by atoms with Crippen LogP contribution in [0.2, 0.25) is 0 Å². The van der Waals surface area contributed by atoms with Gasteiger partial charge in [0.2, 0.25) is 0 Å². The number of nitrogen functional groups attached to an aromatic ring is 1. The Balaban J connectivity index is 1.82. The summed E-state index contributed by atoms with van der Waals surface area (Å²) in [5.41, 5.74) is 9.31. The smallest absolute Gasteiger partial charge is 0.153 e. The molecule has 0 amide bonds. The number of pyridine rings is 1. The topological polar surface area (TPSA) is 67.9 Å². The van der Waals surface area contributed by atoms with Crippen molar-refractivity contribution in [1.82, 2.24) is 15.0 Å². The Morgan fingerprint density at radius 2 is 2.00 bits per heavy atom. The van der Waals surface area contributed by atoms with Crippen molar-refractivity contribution in [3.63, 3.8) is 0 Å².